The fourth-order valence-electron chi connectivity index (χ4n) is 4.34. The van der Waals surface area contributed by atoms with Crippen molar-refractivity contribution in [1.82, 2.24) is 4.57 Å². The summed E-state index contributed by atoms with van der Waals surface area (Å²) in [4.78, 5) is 28.5. The minimum atomic E-state index is -0.469. The van der Waals surface area contributed by atoms with Crippen molar-refractivity contribution in [1.29, 1.82) is 0 Å². The number of nitrogens with zero attached hydrogens (tertiary/aromatic N) is 2. The first-order valence-electron chi connectivity index (χ1n) is 9.74. The van der Waals surface area contributed by atoms with Crippen LogP contribution >= 0.6 is 0 Å². The monoisotopic (exact) mass is 380 g/mol. The Morgan fingerprint density at radius 1 is 0.828 bits per heavy atom. The minimum Gasteiger partial charge on any atom is -0.343 e. The summed E-state index contributed by atoms with van der Waals surface area (Å²) in [5, 5.41) is 0.805. The van der Waals surface area contributed by atoms with E-state index in [1.807, 2.05) is 90.5 Å². The van der Waals surface area contributed by atoms with E-state index in [1.54, 1.807) is 4.90 Å². The average Bonchev–Trinajstić information content (AvgIpc) is 3.33. The highest BCUT2D eigenvalue weighted by atomic mass is 16.2. The van der Waals surface area contributed by atoms with E-state index >= 15 is 0 Å². The molecule has 1 aromatic heterocycles. The summed E-state index contributed by atoms with van der Waals surface area (Å²) in [6.07, 6.45) is 0.774. The van der Waals surface area contributed by atoms with Crippen molar-refractivity contribution in [2.75, 3.05) is 11.4 Å². The zero-order valence-corrected chi connectivity index (χ0v) is 16.1. The topological polar surface area (TPSA) is 42.3 Å². The van der Waals surface area contributed by atoms with Crippen molar-refractivity contribution < 1.29 is 9.59 Å². The molecule has 1 aliphatic heterocycles. The number of aryl methyl sites for hydroxylation is 1. The van der Waals surface area contributed by atoms with Crippen LogP contribution in [0, 0.1) is 0 Å². The van der Waals surface area contributed by atoms with E-state index in [0.29, 0.717) is 12.1 Å². The molecule has 1 aliphatic rings. The maximum atomic E-state index is 13.6. The van der Waals surface area contributed by atoms with Gasteiger partial charge in [-0.3, -0.25) is 9.59 Å². The molecule has 0 bridgehead atoms. The number of anilines is 1. The fourth-order valence-corrected chi connectivity index (χ4v) is 4.34. The lowest BCUT2D eigenvalue weighted by molar-refractivity contribution is -0.114. The molecule has 2 heterocycles. The number of rotatable bonds is 3. The number of ketones is 1. The molecule has 0 saturated heterocycles. The van der Waals surface area contributed by atoms with E-state index in [4.69, 9.17) is 0 Å². The number of hydrogen-bond acceptors (Lipinski definition) is 2. The zero-order chi connectivity index (χ0) is 20.0. The van der Waals surface area contributed by atoms with Gasteiger partial charge >= 0.3 is 0 Å². The van der Waals surface area contributed by atoms with Crippen LogP contribution < -0.4 is 4.90 Å². The summed E-state index contributed by atoms with van der Waals surface area (Å²) in [5.74, 6) is -0.930. The lowest BCUT2D eigenvalue weighted by atomic mass is 10.0. The van der Waals surface area contributed by atoms with Crippen molar-refractivity contribution in [3.63, 3.8) is 0 Å². The molecule has 3 aromatic carbocycles. The highest BCUT2D eigenvalue weighted by Gasteiger charge is 2.33. The van der Waals surface area contributed by atoms with Gasteiger partial charge in [-0.1, -0.05) is 66.7 Å². The predicted octanol–water partition coefficient (Wildman–Crippen LogP) is 4.62. The Hall–Kier alpha value is -3.66. The van der Waals surface area contributed by atoms with Crippen LogP contribution in [0.3, 0.4) is 0 Å². The molecule has 0 saturated carbocycles. The number of Topliss-reactive ketones (excluding diaryl/α,β-unsaturated/α-hetero) is 1. The van der Waals surface area contributed by atoms with Crippen LogP contribution in [0.5, 0.6) is 0 Å². The molecule has 5 rings (SSSR count). The number of fused-ring (bicyclic) bond motifs is 2. The summed E-state index contributed by atoms with van der Waals surface area (Å²) >= 11 is 0. The number of carbonyl (C=O) groups is 2. The molecule has 142 valence electrons. The molecular weight excluding hydrogens is 360 g/mol. The van der Waals surface area contributed by atoms with Gasteiger partial charge in [0, 0.05) is 30.2 Å². The molecule has 0 unspecified atom stereocenters. The van der Waals surface area contributed by atoms with Crippen LogP contribution in [0.4, 0.5) is 5.69 Å². The highest BCUT2D eigenvalue weighted by Crippen LogP contribution is 2.35. The Morgan fingerprint density at radius 2 is 1.52 bits per heavy atom. The predicted molar refractivity (Wildman–Crippen MR) is 115 cm³/mol. The molecule has 0 aliphatic carbocycles. The SMILES string of the molecule is Cn1c(-c2ccccc2)c(C(=O)C(=O)N2CCc3ccccc32)c2ccccc21. The quantitative estimate of drug-likeness (QED) is 0.385. The lowest BCUT2D eigenvalue weighted by Gasteiger charge is -2.17. The average molecular weight is 380 g/mol. The van der Waals surface area contributed by atoms with Gasteiger partial charge in [-0.15, -0.1) is 0 Å². The van der Waals surface area contributed by atoms with Crippen LogP contribution in [-0.2, 0) is 18.3 Å². The van der Waals surface area contributed by atoms with Crippen LogP contribution in [0.1, 0.15) is 15.9 Å². The molecule has 29 heavy (non-hydrogen) atoms. The first-order valence-corrected chi connectivity index (χ1v) is 9.74. The number of amides is 1. The first kappa shape index (κ1) is 17.4. The summed E-state index contributed by atoms with van der Waals surface area (Å²) in [7, 11) is 1.94. The molecular formula is C25H20N2O2. The Bertz CT molecular complexity index is 1250. The van der Waals surface area contributed by atoms with Crippen molar-refractivity contribution in [3.05, 3.63) is 90.0 Å². The second-order valence-electron chi connectivity index (χ2n) is 7.33. The zero-order valence-electron chi connectivity index (χ0n) is 16.1. The van der Waals surface area contributed by atoms with Gasteiger partial charge in [0.15, 0.2) is 0 Å². The second kappa shape index (κ2) is 6.74. The smallest absolute Gasteiger partial charge is 0.299 e. The van der Waals surface area contributed by atoms with Gasteiger partial charge in [0.25, 0.3) is 11.7 Å². The minimum absolute atomic E-state index is 0.461. The highest BCUT2D eigenvalue weighted by molar-refractivity contribution is 6.50. The van der Waals surface area contributed by atoms with E-state index in [9.17, 15) is 9.59 Å². The van der Waals surface area contributed by atoms with Crippen molar-refractivity contribution in [2.24, 2.45) is 7.05 Å². The van der Waals surface area contributed by atoms with E-state index in [-0.39, 0.29) is 0 Å². The lowest BCUT2D eigenvalue weighted by Crippen LogP contribution is -2.35. The van der Waals surface area contributed by atoms with Crippen molar-refractivity contribution in [3.8, 4) is 11.3 Å². The number of hydrogen-bond donors (Lipinski definition) is 0. The Morgan fingerprint density at radius 3 is 2.34 bits per heavy atom. The van der Waals surface area contributed by atoms with Crippen molar-refractivity contribution in [2.45, 2.75) is 6.42 Å². The molecule has 0 fully saturated rings. The molecule has 4 nitrogen and oxygen atoms in total. The number of carbonyl (C=O) groups excluding carboxylic acids is 2. The largest absolute Gasteiger partial charge is 0.343 e. The van der Waals surface area contributed by atoms with Crippen LogP contribution in [0.2, 0.25) is 0 Å². The summed E-state index contributed by atoms with van der Waals surface area (Å²) in [6, 6.07) is 25.3. The van der Waals surface area contributed by atoms with Crippen LogP contribution in [0.15, 0.2) is 78.9 Å². The normalized spacial score (nSPS) is 12.9. The van der Waals surface area contributed by atoms with Gasteiger partial charge in [0.1, 0.15) is 0 Å². The third kappa shape index (κ3) is 2.68. The summed E-state index contributed by atoms with van der Waals surface area (Å²) < 4.78 is 2.00. The van der Waals surface area contributed by atoms with Gasteiger partial charge in [-0.05, 0) is 29.7 Å². The van der Waals surface area contributed by atoms with Crippen molar-refractivity contribution >= 4 is 28.3 Å². The van der Waals surface area contributed by atoms with E-state index < -0.39 is 11.7 Å². The van der Waals surface area contributed by atoms with Crippen LogP contribution in [-0.4, -0.2) is 22.8 Å². The van der Waals surface area contributed by atoms with Gasteiger partial charge in [-0.25, -0.2) is 0 Å². The fraction of sp³-hybridized carbons (Fsp3) is 0.120. The van der Waals surface area contributed by atoms with Gasteiger partial charge in [0.05, 0.1) is 11.3 Å². The van der Waals surface area contributed by atoms with Gasteiger partial charge in [-0.2, -0.15) is 0 Å². The molecule has 0 N–H and O–H groups in total. The van der Waals surface area contributed by atoms with Crippen LogP contribution in [0.25, 0.3) is 22.2 Å². The Kier molecular flexibility index (Phi) is 4.06. The van der Waals surface area contributed by atoms with E-state index in [2.05, 4.69) is 0 Å². The van der Waals surface area contributed by atoms with Gasteiger partial charge in [0.2, 0.25) is 0 Å². The molecule has 0 spiro atoms. The second-order valence-corrected chi connectivity index (χ2v) is 7.33. The first-order chi connectivity index (χ1) is 14.2. The number of aromatic nitrogens is 1. The standard InChI is InChI=1S/C25H20N2O2/c1-26-21-14-8-6-12-19(21)22(23(26)18-10-3-2-4-11-18)24(28)25(29)27-16-15-17-9-5-7-13-20(17)27/h2-14H,15-16H2,1H3. The molecule has 4 heteroatoms. The third-order valence-electron chi connectivity index (χ3n) is 5.71. The Labute approximate surface area is 169 Å². The maximum absolute atomic E-state index is 13.6. The van der Waals surface area contributed by atoms with Gasteiger partial charge < -0.3 is 9.47 Å². The van der Waals surface area contributed by atoms with E-state index in [0.717, 1.165) is 39.8 Å². The summed E-state index contributed by atoms with van der Waals surface area (Å²) in [5.41, 5.74) is 5.05. The molecule has 4 aromatic rings. The third-order valence-corrected chi connectivity index (χ3v) is 5.71. The number of benzene rings is 3. The summed E-state index contributed by atoms with van der Waals surface area (Å²) in [6.45, 7) is 0.537. The molecule has 0 radical (unpaired) electrons. The van der Waals surface area contributed by atoms with E-state index in [1.165, 1.54) is 0 Å². The number of para-hydroxylation sites is 2. The molecule has 1 amide bonds. The molecule has 0 atom stereocenters. The maximum Gasteiger partial charge on any atom is 0.299 e. The Balaban J connectivity index is 1.67.